The monoisotopic (exact) mass is 237 g/mol. The fraction of sp³-hybridized carbons (Fsp3) is 0.900. The van der Waals surface area contributed by atoms with E-state index in [-0.39, 0.29) is 5.91 Å². The lowest BCUT2D eigenvalue weighted by Gasteiger charge is -2.05. The second kappa shape index (κ2) is 11.8. The lowest BCUT2D eigenvalue weighted by molar-refractivity contribution is -0.119. The summed E-state index contributed by atoms with van der Waals surface area (Å²) in [6.07, 6.45) is 1.99. The van der Waals surface area contributed by atoms with Crippen molar-refractivity contribution in [3.8, 4) is 0 Å². The van der Waals surface area contributed by atoms with E-state index in [4.69, 9.17) is 21.1 Å². The number of ether oxygens (including phenoxy) is 2. The summed E-state index contributed by atoms with van der Waals surface area (Å²) >= 11 is 5.51. The van der Waals surface area contributed by atoms with Gasteiger partial charge in [0.2, 0.25) is 5.91 Å². The first kappa shape index (κ1) is 14.7. The first-order valence-electron chi connectivity index (χ1n) is 5.23. The molecule has 0 aliphatic carbocycles. The Balaban J connectivity index is 2.89. The molecule has 0 aromatic heterocycles. The van der Waals surface area contributed by atoms with Crippen molar-refractivity contribution in [1.29, 1.82) is 0 Å². The molecule has 0 saturated heterocycles. The highest BCUT2D eigenvalue weighted by Gasteiger charge is 1.92. The Bertz CT molecular complexity index is 156. The first-order valence-corrected chi connectivity index (χ1v) is 5.76. The van der Waals surface area contributed by atoms with Crippen molar-refractivity contribution in [3.63, 3.8) is 0 Å². The van der Waals surface area contributed by atoms with Crippen molar-refractivity contribution in [3.05, 3.63) is 0 Å². The summed E-state index contributed by atoms with van der Waals surface area (Å²) in [6.45, 7) is 4.48. The van der Waals surface area contributed by atoms with Crippen LogP contribution in [0.2, 0.25) is 0 Å². The lowest BCUT2D eigenvalue weighted by Crippen LogP contribution is -2.24. The van der Waals surface area contributed by atoms with Gasteiger partial charge in [-0.25, -0.2) is 0 Å². The molecule has 90 valence electrons. The quantitative estimate of drug-likeness (QED) is 0.459. The Kier molecular flexibility index (Phi) is 11.5. The molecule has 0 bridgehead atoms. The van der Waals surface area contributed by atoms with Crippen molar-refractivity contribution < 1.29 is 14.3 Å². The first-order chi connectivity index (χ1) is 7.27. The number of unbranched alkanes of at least 4 members (excludes halogenated alkanes) is 1. The van der Waals surface area contributed by atoms with Gasteiger partial charge in [-0.1, -0.05) is 0 Å². The zero-order valence-electron chi connectivity index (χ0n) is 9.26. The third-order valence-electron chi connectivity index (χ3n) is 1.66. The number of halogens is 1. The summed E-state index contributed by atoms with van der Waals surface area (Å²) in [4.78, 5) is 10.5. The predicted molar refractivity (Wildman–Crippen MR) is 60.3 cm³/mol. The fourth-order valence-corrected chi connectivity index (χ4v) is 1.11. The summed E-state index contributed by atoms with van der Waals surface area (Å²) in [5.74, 6) is 0.659. The van der Waals surface area contributed by atoms with Gasteiger partial charge < -0.3 is 14.8 Å². The minimum atomic E-state index is -0.0316. The summed E-state index contributed by atoms with van der Waals surface area (Å²) in [5.41, 5.74) is 0. The molecular formula is C10H20ClNO3. The van der Waals surface area contributed by atoms with Crippen LogP contribution >= 0.6 is 11.6 Å². The van der Waals surface area contributed by atoms with E-state index in [1.165, 1.54) is 6.92 Å². The van der Waals surface area contributed by atoms with Crippen LogP contribution in [-0.4, -0.2) is 44.8 Å². The highest BCUT2D eigenvalue weighted by atomic mass is 35.5. The number of amides is 1. The SMILES string of the molecule is CC(=O)NCCOCCOCCCCCl. The Morgan fingerprint density at radius 1 is 1.13 bits per heavy atom. The highest BCUT2D eigenvalue weighted by molar-refractivity contribution is 6.17. The molecule has 0 saturated carbocycles. The molecule has 1 amide bonds. The van der Waals surface area contributed by atoms with E-state index >= 15 is 0 Å². The van der Waals surface area contributed by atoms with E-state index in [2.05, 4.69) is 5.32 Å². The summed E-state index contributed by atoms with van der Waals surface area (Å²) in [6, 6.07) is 0. The van der Waals surface area contributed by atoms with E-state index in [1.807, 2.05) is 0 Å². The van der Waals surface area contributed by atoms with Gasteiger partial charge >= 0.3 is 0 Å². The van der Waals surface area contributed by atoms with Crippen LogP contribution in [0.25, 0.3) is 0 Å². The molecule has 0 unspecified atom stereocenters. The molecule has 0 aliphatic heterocycles. The molecule has 0 aliphatic rings. The number of carbonyl (C=O) groups is 1. The van der Waals surface area contributed by atoms with Gasteiger partial charge in [0.05, 0.1) is 19.8 Å². The average molecular weight is 238 g/mol. The van der Waals surface area contributed by atoms with Gasteiger partial charge in [-0.15, -0.1) is 11.6 Å². The molecule has 0 radical (unpaired) electrons. The van der Waals surface area contributed by atoms with Gasteiger partial charge in [-0.2, -0.15) is 0 Å². The van der Waals surface area contributed by atoms with Gasteiger partial charge in [0, 0.05) is 26.0 Å². The number of carbonyl (C=O) groups excluding carboxylic acids is 1. The molecule has 0 rings (SSSR count). The molecule has 5 heteroatoms. The van der Waals surface area contributed by atoms with Crippen molar-refractivity contribution in [2.75, 3.05) is 38.9 Å². The Hall–Kier alpha value is -0.320. The molecule has 0 spiro atoms. The van der Waals surface area contributed by atoms with E-state index in [9.17, 15) is 4.79 Å². The minimum Gasteiger partial charge on any atom is -0.379 e. The van der Waals surface area contributed by atoms with Gasteiger partial charge in [0.25, 0.3) is 0 Å². The molecule has 15 heavy (non-hydrogen) atoms. The average Bonchev–Trinajstić information content (AvgIpc) is 2.20. The number of hydrogen-bond donors (Lipinski definition) is 1. The van der Waals surface area contributed by atoms with Gasteiger partial charge in [0.1, 0.15) is 0 Å². The van der Waals surface area contributed by atoms with Crippen molar-refractivity contribution in [2.45, 2.75) is 19.8 Å². The van der Waals surface area contributed by atoms with Crippen LogP contribution in [0.5, 0.6) is 0 Å². The lowest BCUT2D eigenvalue weighted by atomic mass is 10.4. The second-order valence-electron chi connectivity index (χ2n) is 3.10. The number of nitrogens with one attached hydrogen (secondary N) is 1. The third-order valence-corrected chi connectivity index (χ3v) is 1.93. The maximum atomic E-state index is 10.5. The predicted octanol–water partition coefficient (Wildman–Crippen LogP) is 1.17. The summed E-state index contributed by atoms with van der Waals surface area (Å²) in [5, 5.41) is 2.64. The van der Waals surface area contributed by atoms with Crippen molar-refractivity contribution in [2.24, 2.45) is 0 Å². The number of hydrogen-bond acceptors (Lipinski definition) is 3. The molecule has 4 nitrogen and oxygen atoms in total. The van der Waals surface area contributed by atoms with E-state index in [0.717, 1.165) is 19.4 Å². The van der Waals surface area contributed by atoms with Crippen LogP contribution in [0.4, 0.5) is 0 Å². The molecule has 0 aromatic rings. The molecule has 0 atom stereocenters. The van der Waals surface area contributed by atoms with E-state index in [0.29, 0.717) is 32.2 Å². The largest absolute Gasteiger partial charge is 0.379 e. The van der Waals surface area contributed by atoms with Crippen molar-refractivity contribution in [1.82, 2.24) is 5.32 Å². The summed E-state index contributed by atoms with van der Waals surface area (Å²) < 4.78 is 10.5. The van der Waals surface area contributed by atoms with Crippen LogP contribution in [0.1, 0.15) is 19.8 Å². The zero-order chi connectivity index (χ0) is 11.4. The van der Waals surface area contributed by atoms with Crippen LogP contribution in [0, 0.1) is 0 Å². The Morgan fingerprint density at radius 3 is 2.40 bits per heavy atom. The van der Waals surface area contributed by atoms with E-state index in [1.54, 1.807) is 0 Å². The van der Waals surface area contributed by atoms with Crippen LogP contribution < -0.4 is 5.32 Å². The smallest absolute Gasteiger partial charge is 0.216 e. The van der Waals surface area contributed by atoms with E-state index < -0.39 is 0 Å². The highest BCUT2D eigenvalue weighted by Crippen LogP contribution is 1.92. The van der Waals surface area contributed by atoms with Crippen LogP contribution in [0.3, 0.4) is 0 Å². The van der Waals surface area contributed by atoms with Crippen LogP contribution in [0.15, 0.2) is 0 Å². The van der Waals surface area contributed by atoms with Gasteiger partial charge in [-0.3, -0.25) is 4.79 Å². The molecule has 0 fully saturated rings. The second-order valence-corrected chi connectivity index (χ2v) is 3.48. The number of alkyl halides is 1. The number of rotatable bonds is 10. The zero-order valence-corrected chi connectivity index (χ0v) is 10.0. The van der Waals surface area contributed by atoms with Crippen LogP contribution in [-0.2, 0) is 14.3 Å². The van der Waals surface area contributed by atoms with Gasteiger partial charge in [0.15, 0.2) is 0 Å². The Labute approximate surface area is 96.3 Å². The third kappa shape index (κ3) is 13.7. The van der Waals surface area contributed by atoms with Gasteiger partial charge in [-0.05, 0) is 12.8 Å². The van der Waals surface area contributed by atoms with Crippen molar-refractivity contribution >= 4 is 17.5 Å². The Morgan fingerprint density at radius 2 is 1.80 bits per heavy atom. The fourth-order valence-electron chi connectivity index (χ4n) is 0.920. The molecule has 0 heterocycles. The normalized spacial score (nSPS) is 10.3. The maximum Gasteiger partial charge on any atom is 0.216 e. The maximum absolute atomic E-state index is 10.5. The topological polar surface area (TPSA) is 47.6 Å². The summed E-state index contributed by atoms with van der Waals surface area (Å²) in [7, 11) is 0. The molecule has 1 N–H and O–H groups in total. The standard InChI is InChI=1S/C10H20ClNO3/c1-10(13)12-5-7-15-9-8-14-6-3-2-4-11/h2-9H2,1H3,(H,12,13). The molecule has 0 aromatic carbocycles. The minimum absolute atomic E-state index is 0.0316. The molecular weight excluding hydrogens is 218 g/mol.